The molecule has 0 bridgehead atoms. The van der Waals surface area contributed by atoms with Crippen LogP contribution in [0, 0.1) is 0 Å². The number of aromatic nitrogens is 1. The van der Waals surface area contributed by atoms with E-state index in [0.717, 1.165) is 5.69 Å². The van der Waals surface area contributed by atoms with Crippen LogP contribution in [0.3, 0.4) is 0 Å². The maximum atomic E-state index is 12.4. The van der Waals surface area contributed by atoms with Crippen molar-refractivity contribution in [1.82, 2.24) is 4.98 Å². The highest BCUT2D eigenvalue weighted by Gasteiger charge is 2.11. The number of halogens is 1. The molecular weight excluding hydrogens is 338 g/mol. The molecule has 0 saturated heterocycles. The van der Waals surface area contributed by atoms with Gasteiger partial charge in [-0.05, 0) is 36.4 Å². The van der Waals surface area contributed by atoms with Gasteiger partial charge in [-0.2, -0.15) is 0 Å². The number of carbonyl (C=O) groups is 1. The van der Waals surface area contributed by atoms with Crippen molar-refractivity contribution in [2.45, 2.75) is 0 Å². The second kappa shape index (κ2) is 7.68. The van der Waals surface area contributed by atoms with E-state index in [1.807, 2.05) is 42.5 Å². The summed E-state index contributed by atoms with van der Waals surface area (Å²) >= 11 is 6.14. The van der Waals surface area contributed by atoms with Gasteiger partial charge in [0.1, 0.15) is 17.3 Å². The third kappa shape index (κ3) is 4.49. The predicted molar refractivity (Wildman–Crippen MR) is 99.9 cm³/mol. The highest BCUT2D eigenvalue weighted by atomic mass is 35.5. The van der Waals surface area contributed by atoms with Crippen molar-refractivity contribution in [3.63, 3.8) is 0 Å². The molecule has 25 heavy (non-hydrogen) atoms. The highest BCUT2D eigenvalue weighted by Crippen LogP contribution is 2.23. The Balaban J connectivity index is 1.81. The Morgan fingerprint density at radius 2 is 1.76 bits per heavy atom. The first-order chi connectivity index (χ1) is 12.1. The molecule has 1 amide bonds. The fourth-order valence-corrected chi connectivity index (χ4v) is 2.45. The van der Waals surface area contributed by atoms with Crippen molar-refractivity contribution >= 4 is 34.7 Å². The van der Waals surface area contributed by atoms with Crippen LogP contribution in [-0.4, -0.2) is 18.0 Å². The molecule has 126 valence electrons. The molecule has 0 atom stereocenters. The molecule has 1 aromatic heterocycles. The van der Waals surface area contributed by atoms with Crippen LogP contribution < -0.4 is 15.4 Å². The fourth-order valence-electron chi connectivity index (χ4n) is 2.24. The monoisotopic (exact) mass is 353 g/mol. The first kappa shape index (κ1) is 16.8. The summed E-state index contributed by atoms with van der Waals surface area (Å²) in [7, 11) is 1.60. The van der Waals surface area contributed by atoms with Crippen LogP contribution in [0.15, 0.2) is 66.7 Å². The number of rotatable bonds is 5. The highest BCUT2D eigenvalue weighted by molar-refractivity contribution is 6.31. The van der Waals surface area contributed by atoms with Gasteiger partial charge in [-0.3, -0.25) is 4.79 Å². The quantitative estimate of drug-likeness (QED) is 0.695. The number of methoxy groups -OCH3 is 1. The maximum Gasteiger partial charge on any atom is 0.274 e. The van der Waals surface area contributed by atoms with Gasteiger partial charge in [0.15, 0.2) is 0 Å². The molecule has 0 saturated carbocycles. The van der Waals surface area contributed by atoms with Gasteiger partial charge < -0.3 is 15.4 Å². The zero-order chi connectivity index (χ0) is 17.6. The molecule has 0 aliphatic heterocycles. The number of nitrogens with one attached hydrogen (secondary N) is 2. The summed E-state index contributed by atoms with van der Waals surface area (Å²) in [6.45, 7) is 0. The summed E-state index contributed by atoms with van der Waals surface area (Å²) in [5.74, 6) is 0.857. The molecule has 1 heterocycles. The van der Waals surface area contributed by atoms with Gasteiger partial charge in [0.2, 0.25) is 0 Å². The summed E-state index contributed by atoms with van der Waals surface area (Å²) in [6, 6.07) is 19.7. The maximum absolute atomic E-state index is 12.4. The first-order valence-corrected chi connectivity index (χ1v) is 7.97. The summed E-state index contributed by atoms with van der Waals surface area (Å²) in [4.78, 5) is 16.7. The van der Waals surface area contributed by atoms with E-state index in [0.29, 0.717) is 22.3 Å². The molecule has 6 heteroatoms. The van der Waals surface area contributed by atoms with Crippen LogP contribution in [-0.2, 0) is 0 Å². The van der Waals surface area contributed by atoms with Crippen LogP contribution in [0.25, 0.3) is 0 Å². The first-order valence-electron chi connectivity index (χ1n) is 7.59. The summed E-state index contributed by atoms with van der Waals surface area (Å²) in [5.41, 5.74) is 1.70. The molecule has 2 N–H and O–H groups in total. The second-order valence-electron chi connectivity index (χ2n) is 5.23. The van der Waals surface area contributed by atoms with E-state index in [1.165, 1.54) is 6.07 Å². The van der Waals surface area contributed by atoms with Crippen LogP contribution in [0.1, 0.15) is 10.5 Å². The third-order valence-electron chi connectivity index (χ3n) is 3.40. The Labute approximate surface area is 150 Å². The number of pyridine rings is 1. The molecule has 0 aliphatic carbocycles. The SMILES string of the molecule is COc1cccc(Nc2cc(Cl)cc(C(=O)Nc3ccccc3)n2)c1. The van der Waals surface area contributed by atoms with Gasteiger partial charge in [0, 0.05) is 22.5 Å². The molecule has 5 nitrogen and oxygen atoms in total. The van der Waals surface area contributed by atoms with E-state index >= 15 is 0 Å². The Hall–Kier alpha value is -3.05. The van der Waals surface area contributed by atoms with Crippen molar-refractivity contribution < 1.29 is 9.53 Å². The van der Waals surface area contributed by atoms with E-state index in [1.54, 1.807) is 25.3 Å². The van der Waals surface area contributed by atoms with Crippen LogP contribution >= 0.6 is 11.6 Å². The average Bonchev–Trinajstić information content (AvgIpc) is 2.62. The Kier molecular flexibility index (Phi) is 5.16. The number of hydrogen-bond acceptors (Lipinski definition) is 4. The lowest BCUT2D eigenvalue weighted by Gasteiger charge is -2.10. The summed E-state index contributed by atoms with van der Waals surface area (Å²) < 4.78 is 5.19. The van der Waals surface area contributed by atoms with Gasteiger partial charge in [0.25, 0.3) is 5.91 Å². The number of anilines is 3. The molecule has 0 fully saturated rings. The number of nitrogens with zero attached hydrogens (tertiary/aromatic N) is 1. The van der Waals surface area contributed by atoms with Crippen LogP contribution in [0.5, 0.6) is 5.75 Å². The Morgan fingerprint density at radius 3 is 2.52 bits per heavy atom. The van der Waals surface area contributed by atoms with Crippen molar-refractivity contribution in [2.24, 2.45) is 0 Å². The molecule has 0 aliphatic rings. The fraction of sp³-hybridized carbons (Fsp3) is 0.0526. The van der Waals surface area contributed by atoms with Gasteiger partial charge in [0.05, 0.1) is 7.11 Å². The summed E-state index contributed by atoms with van der Waals surface area (Å²) in [5, 5.41) is 6.33. The van der Waals surface area contributed by atoms with E-state index in [9.17, 15) is 4.79 Å². The predicted octanol–water partition coefficient (Wildman–Crippen LogP) is 4.74. The van der Waals surface area contributed by atoms with Crippen LogP contribution in [0.4, 0.5) is 17.2 Å². The van der Waals surface area contributed by atoms with Gasteiger partial charge >= 0.3 is 0 Å². The molecule has 3 rings (SSSR count). The lowest BCUT2D eigenvalue weighted by molar-refractivity contribution is 0.102. The number of ether oxygens (including phenoxy) is 1. The molecule has 0 radical (unpaired) electrons. The zero-order valence-corrected chi connectivity index (χ0v) is 14.2. The Bertz CT molecular complexity index is 885. The number of benzene rings is 2. The summed E-state index contributed by atoms with van der Waals surface area (Å²) in [6.07, 6.45) is 0. The number of hydrogen-bond donors (Lipinski definition) is 2. The van der Waals surface area contributed by atoms with Crippen LogP contribution in [0.2, 0.25) is 5.02 Å². The van der Waals surface area contributed by atoms with E-state index in [2.05, 4.69) is 15.6 Å². The van der Waals surface area contributed by atoms with E-state index in [4.69, 9.17) is 16.3 Å². The van der Waals surface area contributed by atoms with Gasteiger partial charge in [-0.25, -0.2) is 4.98 Å². The molecule has 0 spiro atoms. The van der Waals surface area contributed by atoms with Crippen molar-refractivity contribution in [1.29, 1.82) is 0 Å². The number of carbonyl (C=O) groups excluding carboxylic acids is 1. The van der Waals surface area contributed by atoms with E-state index < -0.39 is 0 Å². The minimum absolute atomic E-state index is 0.224. The lowest BCUT2D eigenvalue weighted by atomic mass is 10.2. The molecule has 0 unspecified atom stereocenters. The topological polar surface area (TPSA) is 63.2 Å². The molecule has 3 aromatic rings. The van der Waals surface area contributed by atoms with Gasteiger partial charge in [-0.15, -0.1) is 0 Å². The van der Waals surface area contributed by atoms with Crippen molar-refractivity contribution in [3.05, 3.63) is 77.4 Å². The number of para-hydroxylation sites is 1. The lowest BCUT2D eigenvalue weighted by Crippen LogP contribution is -2.14. The molecular formula is C19H16ClN3O2. The molecule has 2 aromatic carbocycles. The van der Waals surface area contributed by atoms with Crippen molar-refractivity contribution in [3.8, 4) is 5.75 Å². The van der Waals surface area contributed by atoms with E-state index in [-0.39, 0.29) is 11.6 Å². The Morgan fingerprint density at radius 1 is 1.00 bits per heavy atom. The number of amides is 1. The largest absolute Gasteiger partial charge is 0.497 e. The van der Waals surface area contributed by atoms with Crippen molar-refractivity contribution in [2.75, 3.05) is 17.7 Å². The standard InChI is InChI=1S/C19H16ClN3O2/c1-25-16-9-5-8-15(12-16)21-18-11-13(20)10-17(23-18)19(24)22-14-6-3-2-4-7-14/h2-12H,1H3,(H,21,23)(H,22,24). The normalized spacial score (nSPS) is 10.2. The third-order valence-corrected chi connectivity index (χ3v) is 3.61. The smallest absolute Gasteiger partial charge is 0.274 e. The minimum atomic E-state index is -0.331. The average molecular weight is 354 g/mol. The minimum Gasteiger partial charge on any atom is -0.497 e. The zero-order valence-electron chi connectivity index (χ0n) is 13.5. The van der Waals surface area contributed by atoms with Gasteiger partial charge in [-0.1, -0.05) is 35.9 Å². The second-order valence-corrected chi connectivity index (χ2v) is 5.67.